The fourth-order valence-corrected chi connectivity index (χ4v) is 5.45. The van der Waals surface area contributed by atoms with Crippen LogP contribution in [0.4, 0.5) is 5.95 Å². The van der Waals surface area contributed by atoms with Crippen molar-refractivity contribution in [2.24, 2.45) is 0 Å². The maximum atomic E-state index is 13.4. The second-order valence-corrected chi connectivity index (χ2v) is 10.8. The highest BCUT2D eigenvalue weighted by molar-refractivity contribution is 7.93. The maximum absolute atomic E-state index is 13.4. The molecule has 35 heavy (non-hydrogen) atoms. The number of halogens is 1. The average molecular weight is 523 g/mol. The molecular weight excluding hydrogens is 496 g/mol. The highest BCUT2D eigenvalue weighted by Crippen LogP contribution is 2.39. The van der Waals surface area contributed by atoms with E-state index in [-0.39, 0.29) is 23.6 Å². The highest BCUT2D eigenvalue weighted by atomic mass is 35.5. The van der Waals surface area contributed by atoms with E-state index in [1.54, 1.807) is 18.4 Å². The van der Waals surface area contributed by atoms with Crippen LogP contribution in [0.1, 0.15) is 63.0 Å². The topological polar surface area (TPSA) is 147 Å². The van der Waals surface area contributed by atoms with Crippen LogP contribution in [0.15, 0.2) is 18.7 Å². The summed E-state index contributed by atoms with van der Waals surface area (Å²) < 4.78 is 42.0. The average Bonchev–Trinajstić information content (AvgIpc) is 3.52. The summed E-state index contributed by atoms with van der Waals surface area (Å²) in [5.41, 5.74) is 0.323. The van der Waals surface area contributed by atoms with Crippen LogP contribution in [0.2, 0.25) is 5.02 Å². The Balaban J connectivity index is 1.76. The number of rotatable bonds is 9. The van der Waals surface area contributed by atoms with Crippen molar-refractivity contribution in [3.63, 3.8) is 0 Å². The Kier molecular flexibility index (Phi) is 7.36. The van der Waals surface area contributed by atoms with Crippen LogP contribution in [-0.2, 0) is 10.0 Å². The van der Waals surface area contributed by atoms with Gasteiger partial charge in [0.15, 0.2) is 5.69 Å². The van der Waals surface area contributed by atoms with Gasteiger partial charge in [-0.2, -0.15) is 9.97 Å². The molecule has 1 fully saturated rings. The molecule has 14 heteroatoms. The lowest BCUT2D eigenvalue weighted by Crippen LogP contribution is -2.31. The minimum Gasteiger partial charge on any atom is -0.479 e. The molecule has 4 rings (SSSR count). The lowest BCUT2D eigenvalue weighted by Gasteiger charge is -2.21. The van der Waals surface area contributed by atoms with E-state index in [2.05, 4.69) is 34.9 Å². The first-order valence-corrected chi connectivity index (χ1v) is 13.1. The smallest absolute Gasteiger partial charge is 0.245 e. The molecule has 0 saturated heterocycles. The molecule has 2 atom stereocenters. The van der Waals surface area contributed by atoms with Gasteiger partial charge in [0.25, 0.3) is 0 Å². The molecule has 188 valence electrons. The molecule has 12 nitrogen and oxygen atoms in total. The van der Waals surface area contributed by atoms with Crippen molar-refractivity contribution in [1.29, 1.82) is 0 Å². The van der Waals surface area contributed by atoms with Crippen LogP contribution in [0.25, 0.3) is 5.69 Å². The van der Waals surface area contributed by atoms with Gasteiger partial charge < -0.3 is 9.47 Å². The minimum absolute atomic E-state index is 0.00521. The van der Waals surface area contributed by atoms with E-state index in [1.165, 1.54) is 32.9 Å². The largest absolute Gasteiger partial charge is 0.479 e. The molecule has 0 aliphatic heterocycles. The minimum atomic E-state index is -3.96. The van der Waals surface area contributed by atoms with Crippen molar-refractivity contribution in [3.05, 3.63) is 35.4 Å². The van der Waals surface area contributed by atoms with Crippen molar-refractivity contribution < 1.29 is 17.9 Å². The first kappa shape index (κ1) is 25.0. The molecule has 1 aliphatic rings. The molecule has 1 aliphatic carbocycles. The number of nitrogens with one attached hydrogen (secondary N) is 1. The van der Waals surface area contributed by atoms with Gasteiger partial charge in [0.1, 0.15) is 18.0 Å². The van der Waals surface area contributed by atoms with Crippen LogP contribution in [0.5, 0.6) is 11.8 Å². The number of nitrogens with zero attached hydrogens (tertiary/aromatic N) is 7. The van der Waals surface area contributed by atoms with Crippen molar-refractivity contribution in [2.75, 3.05) is 18.9 Å². The predicted octanol–water partition coefficient (Wildman–Crippen LogP) is 3.11. The van der Waals surface area contributed by atoms with Gasteiger partial charge in [-0.3, -0.25) is 9.29 Å². The standard InChI is InChI=1S/C21H27ClN8O4S/c1-12(17-23-9-15(22)10-24-17)13(2)35(31,32)29-21-28-27-18(14-7-5-6-8-14)30(21)16-19(33-3)25-11-26-20(16)34-4/h9-14H,5-8H2,1-4H3,(H,28,29)/t12-,13-/m0/s1. The van der Waals surface area contributed by atoms with Gasteiger partial charge >= 0.3 is 0 Å². The third kappa shape index (κ3) is 5.01. The zero-order chi connectivity index (χ0) is 25.2. The van der Waals surface area contributed by atoms with E-state index < -0.39 is 21.2 Å². The molecule has 0 bridgehead atoms. The zero-order valence-corrected chi connectivity index (χ0v) is 21.4. The van der Waals surface area contributed by atoms with E-state index in [9.17, 15) is 8.42 Å². The molecular formula is C21H27ClN8O4S. The van der Waals surface area contributed by atoms with Crippen LogP contribution >= 0.6 is 11.6 Å². The Labute approximate surface area is 208 Å². The number of hydrogen-bond donors (Lipinski definition) is 1. The summed E-state index contributed by atoms with van der Waals surface area (Å²) in [7, 11) is -1.03. The maximum Gasteiger partial charge on any atom is 0.245 e. The summed E-state index contributed by atoms with van der Waals surface area (Å²) in [6.45, 7) is 3.31. The summed E-state index contributed by atoms with van der Waals surface area (Å²) >= 11 is 5.87. The summed E-state index contributed by atoms with van der Waals surface area (Å²) in [6, 6.07) is 0. The first-order valence-electron chi connectivity index (χ1n) is 11.1. The Morgan fingerprint density at radius 1 is 1.03 bits per heavy atom. The van der Waals surface area contributed by atoms with Gasteiger partial charge in [0.05, 0.1) is 24.5 Å². The Bertz CT molecular complexity index is 1260. The fourth-order valence-electron chi connectivity index (χ4n) is 4.13. The Morgan fingerprint density at radius 3 is 2.20 bits per heavy atom. The van der Waals surface area contributed by atoms with Crippen molar-refractivity contribution >= 4 is 27.6 Å². The summed E-state index contributed by atoms with van der Waals surface area (Å²) in [6.07, 6.45) is 8.09. The van der Waals surface area contributed by atoms with E-state index in [0.717, 1.165) is 25.7 Å². The van der Waals surface area contributed by atoms with Crippen LogP contribution in [0.3, 0.4) is 0 Å². The first-order chi connectivity index (χ1) is 16.8. The number of aromatic nitrogens is 7. The van der Waals surface area contributed by atoms with Crippen LogP contribution in [0, 0.1) is 0 Å². The molecule has 0 amide bonds. The number of sulfonamides is 1. The van der Waals surface area contributed by atoms with Crippen molar-refractivity contribution in [2.45, 2.75) is 56.6 Å². The lowest BCUT2D eigenvalue weighted by molar-refractivity contribution is 0.367. The van der Waals surface area contributed by atoms with Crippen LogP contribution < -0.4 is 14.2 Å². The normalized spacial score (nSPS) is 16.1. The second-order valence-electron chi connectivity index (χ2n) is 8.34. The molecule has 0 spiro atoms. The monoisotopic (exact) mass is 522 g/mol. The molecule has 0 aromatic carbocycles. The quantitative estimate of drug-likeness (QED) is 0.444. The number of ether oxygens (including phenoxy) is 2. The SMILES string of the molecule is COc1ncnc(OC)c1-n1c(NS(=O)(=O)[C@@H](C)[C@H](C)c2ncc(Cl)cn2)nnc1C1CCCC1. The van der Waals surface area contributed by atoms with E-state index in [1.807, 2.05) is 0 Å². The predicted molar refractivity (Wildman–Crippen MR) is 129 cm³/mol. The highest BCUT2D eigenvalue weighted by Gasteiger charge is 2.34. The van der Waals surface area contributed by atoms with E-state index >= 15 is 0 Å². The molecule has 1 N–H and O–H groups in total. The van der Waals surface area contributed by atoms with Gasteiger partial charge in [-0.25, -0.2) is 18.4 Å². The molecule has 3 aromatic rings. The lowest BCUT2D eigenvalue weighted by atomic mass is 10.1. The summed E-state index contributed by atoms with van der Waals surface area (Å²) in [4.78, 5) is 16.7. The summed E-state index contributed by atoms with van der Waals surface area (Å²) in [5, 5.41) is 8.04. The molecule has 1 saturated carbocycles. The number of hydrogen-bond acceptors (Lipinski definition) is 10. The van der Waals surface area contributed by atoms with E-state index in [0.29, 0.717) is 22.4 Å². The second kappa shape index (κ2) is 10.3. The van der Waals surface area contributed by atoms with Gasteiger partial charge in [-0.05, 0) is 19.8 Å². The number of methoxy groups -OCH3 is 2. The molecule has 3 heterocycles. The van der Waals surface area contributed by atoms with Gasteiger partial charge in [-0.15, -0.1) is 10.2 Å². The van der Waals surface area contributed by atoms with Gasteiger partial charge in [0, 0.05) is 24.2 Å². The number of anilines is 1. The Morgan fingerprint density at radius 2 is 1.63 bits per heavy atom. The third-order valence-corrected chi connectivity index (χ3v) is 8.30. The Hall–Kier alpha value is -3.06. The molecule has 3 aromatic heterocycles. The van der Waals surface area contributed by atoms with Gasteiger partial charge in [-0.1, -0.05) is 31.4 Å². The molecule has 0 radical (unpaired) electrons. The molecule has 0 unspecified atom stereocenters. The van der Waals surface area contributed by atoms with E-state index in [4.69, 9.17) is 21.1 Å². The zero-order valence-electron chi connectivity index (χ0n) is 19.8. The van der Waals surface area contributed by atoms with Crippen LogP contribution in [-0.4, -0.2) is 62.6 Å². The third-order valence-electron chi connectivity index (χ3n) is 6.25. The summed E-state index contributed by atoms with van der Waals surface area (Å²) in [5.74, 6) is 0.913. The van der Waals surface area contributed by atoms with Gasteiger partial charge in [0.2, 0.25) is 27.7 Å². The fraction of sp³-hybridized carbons (Fsp3) is 0.524. The van der Waals surface area contributed by atoms with Crippen molar-refractivity contribution in [1.82, 2.24) is 34.7 Å². The van der Waals surface area contributed by atoms with Crippen molar-refractivity contribution in [3.8, 4) is 17.4 Å².